The first-order valence-electron chi connectivity index (χ1n) is 3.40. The van der Waals surface area contributed by atoms with E-state index in [0.29, 0.717) is 5.56 Å². The quantitative estimate of drug-likeness (QED) is 0.446. The third-order valence-corrected chi connectivity index (χ3v) is 1.69. The molecule has 0 atom stereocenters. The molecule has 0 unspecified atom stereocenters. The molecule has 0 fully saturated rings. The van der Waals surface area contributed by atoms with Crippen LogP contribution in [0.5, 0.6) is 0 Å². The van der Waals surface area contributed by atoms with Crippen LogP contribution < -0.4 is 34.7 Å². The van der Waals surface area contributed by atoms with Crippen LogP contribution in [0.2, 0.25) is 0 Å². The van der Waals surface area contributed by atoms with Crippen molar-refractivity contribution >= 4 is 5.97 Å². The Balaban J connectivity index is 0.00000121. The average Bonchev–Trinajstić information content (AvgIpc) is 1.85. The molecule has 0 bridgehead atoms. The van der Waals surface area contributed by atoms with E-state index in [4.69, 9.17) is 0 Å². The van der Waals surface area contributed by atoms with Crippen LogP contribution >= 0.6 is 0 Å². The number of carbonyl (C=O) groups is 1. The maximum absolute atomic E-state index is 10.5. The summed E-state index contributed by atoms with van der Waals surface area (Å²) in [6, 6.07) is 5.35. The Labute approximate surface area is 93.9 Å². The van der Waals surface area contributed by atoms with Crippen molar-refractivity contribution in [2.24, 2.45) is 0 Å². The summed E-state index contributed by atoms with van der Waals surface area (Å²) in [6.07, 6.45) is 0. The first-order chi connectivity index (χ1) is 5.13. The van der Waals surface area contributed by atoms with E-state index in [-0.39, 0.29) is 29.6 Å². The van der Waals surface area contributed by atoms with Crippen molar-refractivity contribution in [1.29, 1.82) is 0 Å². The van der Waals surface area contributed by atoms with Gasteiger partial charge >= 0.3 is 29.6 Å². The van der Waals surface area contributed by atoms with Crippen molar-refractivity contribution in [3.8, 4) is 0 Å². The van der Waals surface area contributed by atoms with E-state index in [1.807, 2.05) is 6.07 Å². The second-order valence-electron chi connectivity index (χ2n) is 2.55. The zero-order valence-corrected chi connectivity index (χ0v) is 9.55. The van der Waals surface area contributed by atoms with Crippen molar-refractivity contribution < 1.29 is 39.5 Å². The largest absolute Gasteiger partial charge is 1.00 e. The van der Waals surface area contributed by atoms with Gasteiger partial charge in [-0.2, -0.15) is 0 Å². The Morgan fingerprint density at radius 1 is 1.25 bits per heavy atom. The van der Waals surface area contributed by atoms with Crippen molar-refractivity contribution in [3.05, 3.63) is 34.9 Å². The van der Waals surface area contributed by atoms with Crippen LogP contribution in [0.4, 0.5) is 0 Å². The molecule has 0 saturated heterocycles. The number of hydrogen-bond donors (Lipinski definition) is 0. The molecular weight excluding hydrogens is 163 g/mol. The molecule has 1 aromatic carbocycles. The van der Waals surface area contributed by atoms with Gasteiger partial charge in [-0.25, -0.2) is 0 Å². The molecular formula is C9H9NaO2. The summed E-state index contributed by atoms with van der Waals surface area (Å²) in [7, 11) is 0. The van der Waals surface area contributed by atoms with Gasteiger partial charge in [0.2, 0.25) is 0 Å². The molecule has 12 heavy (non-hydrogen) atoms. The predicted octanol–water partition coefficient (Wildman–Crippen LogP) is -2.33. The molecule has 58 valence electrons. The molecule has 0 radical (unpaired) electrons. The molecule has 0 aromatic heterocycles. The SMILES string of the molecule is Cc1cccc(C)c1C(=O)[O-].[Na+]. The zero-order valence-electron chi connectivity index (χ0n) is 7.55. The number of aromatic carboxylic acids is 1. The third kappa shape index (κ3) is 2.34. The van der Waals surface area contributed by atoms with E-state index in [9.17, 15) is 9.90 Å². The number of carboxylic acids is 1. The third-order valence-electron chi connectivity index (χ3n) is 1.69. The Bertz CT molecular complexity index is 274. The molecule has 0 aliphatic heterocycles. The van der Waals surface area contributed by atoms with Gasteiger partial charge in [-0.15, -0.1) is 0 Å². The van der Waals surface area contributed by atoms with Crippen LogP contribution in [0.3, 0.4) is 0 Å². The summed E-state index contributed by atoms with van der Waals surface area (Å²) in [5.74, 6) is -1.10. The standard InChI is InChI=1S/C9H10O2.Na/c1-6-4-3-5-7(2)8(6)9(10)11;/h3-5H,1-2H3,(H,10,11);/q;+1/p-1. The fraction of sp³-hybridized carbons (Fsp3) is 0.222. The van der Waals surface area contributed by atoms with Gasteiger partial charge in [0.25, 0.3) is 0 Å². The Morgan fingerprint density at radius 2 is 1.67 bits per heavy atom. The summed E-state index contributed by atoms with van der Waals surface area (Å²) in [4.78, 5) is 10.5. The maximum Gasteiger partial charge on any atom is 1.00 e. The van der Waals surface area contributed by atoms with Crippen molar-refractivity contribution in [1.82, 2.24) is 0 Å². The molecule has 1 rings (SSSR count). The Hall–Kier alpha value is -0.310. The minimum atomic E-state index is -1.10. The Kier molecular flexibility index (Phi) is 4.53. The first kappa shape index (κ1) is 11.7. The van der Waals surface area contributed by atoms with E-state index in [0.717, 1.165) is 11.1 Å². The van der Waals surface area contributed by atoms with Crippen LogP contribution in [0.25, 0.3) is 0 Å². The summed E-state index contributed by atoms with van der Waals surface area (Å²) in [6.45, 7) is 3.52. The maximum atomic E-state index is 10.5. The van der Waals surface area contributed by atoms with Crippen molar-refractivity contribution in [2.45, 2.75) is 13.8 Å². The molecule has 1 aromatic rings. The molecule has 0 aliphatic carbocycles. The minimum absolute atomic E-state index is 0. The molecule has 2 nitrogen and oxygen atoms in total. The average molecular weight is 172 g/mol. The molecule has 0 spiro atoms. The van der Waals surface area contributed by atoms with E-state index in [1.54, 1.807) is 26.0 Å². The number of carbonyl (C=O) groups excluding carboxylic acids is 1. The van der Waals surface area contributed by atoms with Gasteiger partial charge in [0, 0.05) is 5.56 Å². The molecule has 0 N–H and O–H groups in total. The fourth-order valence-electron chi connectivity index (χ4n) is 1.14. The van der Waals surface area contributed by atoms with E-state index < -0.39 is 5.97 Å². The predicted molar refractivity (Wildman–Crippen MR) is 40.2 cm³/mol. The second-order valence-corrected chi connectivity index (χ2v) is 2.55. The minimum Gasteiger partial charge on any atom is -0.545 e. The Morgan fingerprint density at radius 3 is 1.92 bits per heavy atom. The van der Waals surface area contributed by atoms with Crippen LogP contribution in [-0.4, -0.2) is 5.97 Å². The van der Waals surface area contributed by atoms with Crippen molar-refractivity contribution in [2.75, 3.05) is 0 Å². The summed E-state index contributed by atoms with van der Waals surface area (Å²) < 4.78 is 0. The number of benzene rings is 1. The zero-order chi connectivity index (χ0) is 8.43. The monoisotopic (exact) mass is 172 g/mol. The van der Waals surface area contributed by atoms with Crippen LogP contribution in [0, 0.1) is 13.8 Å². The second kappa shape index (κ2) is 4.65. The van der Waals surface area contributed by atoms with Gasteiger partial charge in [0.15, 0.2) is 0 Å². The van der Waals surface area contributed by atoms with Gasteiger partial charge in [0.1, 0.15) is 0 Å². The molecule has 0 aliphatic rings. The summed E-state index contributed by atoms with van der Waals surface area (Å²) >= 11 is 0. The number of carboxylic acid groups (broad SMARTS) is 1. The first-order valence-corrected chi connectivity index (χ1v) is 3.40. The van der Waals surface area contributed by atoms with E-state index >= 15 is 0 Å². The topological polar surface area (TPSA) is 40.1 Å². The molecule has 0 saturated carbocycles. The molecule has 3 heteroatoms. The van der Waals surface area contributed by atoms with Gasteiger partial charge in [-0.3, -0.25) is 0 Å². The number of aryl methyl sites for hydroxylation is 2. The number of hydrogen-bond acceptors (Lipinski definition) is 2. The summed E-state index contributed by atoms with van der Waals surface area (Å²) in [5, 5.41) is 10.5. The van der Waals surface area contributed by atoms with E-state index in [2.05, 4.69) is 0 Å². The van der Waals surface area contributed by atoms with Gasteiger partial charge in [-0.1, -0.05) is 18.2 Å². The van der Waals surface area contributed by atoms with E-state index in [1.165, 1.54) is 0 Å². The van der Waals surface area contributed by atoms with Crippen LogP contribution in [0.15, 0.2) is 18.2 Å². The smallest absolute Gasteiger partial charge is 0.545 e. The van der Waals surface area contributed by atoms with Crippen LogP contribution in [-0.2, 0) is 0 Å². The number of rotatable bonds is 1. The fourth-order valence-corrected chi connectivity index (χ4v) is 1.14. The molecule has 0 amide bonds. The van der Waals surface area contributed by atoms with Gasteiger partial charge in [0.05, 0.1) is 5.97 Å². The van der Waals surface area contributed by atoms with Crippen molar-refractivity contribution in [3.63, 3.8) is 0 Å². The summed E-state index contributed by atoms with van der Waals surface area (Å²) in [5.41, 5.74) is 1.82. The molecule has 0 heterocycles. The normalized spacial score (nSPS) is 8.83. The van der Waals surface area contributed by atoms with Gasteiger partial charge in [-0.05, 0) is 25.0 Å². The van der Waals surface area contributed by atoms with Gasteiger partial charge < -0.3 is 9.90 Å². The van der Waals surface area contributed by atoms with Crippen LogP contribution in [0.1, 0.15) is 21.5 Å².